The molecule has 1 aromatic carbocycles. The zero-order valence-corrected chi connectivity index (χ0v) is 8.85. The first kappa shape index (κ1) is 10.4. The van der Waals surface area contributed by atoms with Gasteiger partial charge in [-0.15, -0.1) is 0 Å². The fourth-order valence-corrected chi connectivity index (χ4v) is 2.09. The Morgan fingerprint density at radius 3 is 2.93 bits per heavy atom. The average Bonchev–Trinajstić information content (AvgIpc) is 2.18. The van der Waals surface area contributed by atoms with Crippen molar-refractivity contribution in [2.24, 2.45) is 0 Å². The summed E-state index contributed by atoms with van der Waals surface area (Å²) in [6.45, 7) is 0. The summed E-state index contributed by atoms with van der Waals surface area (Å²) in [7, 11) is 0. The van der Waals surface area contributed by atoms with Crippen LogP contribution in [0, 0.1) is 5.82 Å². The van der Waals surface area contributed by atoms with E-state index in [1.54, 1.807) is 6.07 Å². The number of hydrogen-bond acceptors (Lipinski definition) is 1. The van der Waals surface area contributed by atoms with Crippen LogP contribution in [0.1, 0.15) is 24.0 Å². The number of carbonyl (C=O) groups is 1. The maximum absolute atomic E-state index is 13.1. The Bertz CT molecular complexity index is 437. The molecule has 0 amide bonds. The quantitative estimate of drug-likeness (QED) is 0.528. The molecule has 0 atom stereocenters. The Morgan fingerprint density at radius 2 is 2.20 bits per heavy atom. The summed E-state index contributed by atoms with van der Waals surface area (Å²) < 4.78 is 13.1. The van der Waals surface area contributed by atoms with Crippen molar-refractivity contribution in [1.29, 1.82) is 0 Å². The smallest absolute Gasteiger partial charge is 0.245 e. The highest BCUT2D eigenvalue weighted by atomic mass is 35.5. The van der Waals surface area contributed by atoms with Gasteiger partial charge in [0.05, 0.1) is 0 Å². The van der Waals surface area contributed by atoms with E-state index in [2.05, 4.69) is 0 Å². The minimum absolute atomic E-state index is 0.274. The molecule has 3 heteroatoms. The number of halogens is 2. The normalized spacial score (nSPS) is 17.6. The van der Waals surface area contributed by atoms with Crippen LogP contribution in [0.25, 0.3) is 5.57 Å². The van der Waals surface area contributed by atoms with Crippen molar-refractivity contribution >= 4 is 22.4 Å². The molecule has 0 saturated heterocycles. The molecule has 0 spiro atoms. The molecule has 0 heterocycles. The van der Waals surface area contributed by atoms with Crippen LogP contribution in [0.2, 0.25) is 0 Å². The zero-order valence-electron chi connectivity index (χ0n) is 8.09. The van der Waals surface area contributed by atoms with Crippen molar-refractivity contribution in [3.05, 3.63) is 41.2 Å². The highest BCUT2D eigenvalue weighted by molar-refractivity contribution is 6.67. The highest BCUT2D eigenvalue weighted by Crippen LogP contribution is 2.31. The SMILES string of the molecule is O=C(Cl)/C=C1/CCCc2ccc(F)cc21. The molecule has 0 aromatic heterocycles. The molecular formula is C12H10ClFO. The third kappa shape index (κ3) is 2.26. The molecule has 0 unspecified atom stereocenters. The van der Waals surface area contributed by atoms with Crippen LogP contribution in [-0.2, 0) is 11.2 Å². The van der Waals surface area contributed by atoms with Gasteiger partial charge in [0.25, 0.3) is 0 Å². The monoisotopic (exact) mass is 224 g/mol. The second kappa shape index (κ2) is 4.15. The van der Waals surface area contributed by atoms with E-state index in [4.69, 9.17) is 11.6 Å². The van der Waals surface area contributed by atoms with Gasteiger partial charge < -0.3 is 0 Å². The molecule has 0 N–H and O–H groups in total. The molecule has 2 rings (SSSR count). The lowest BCUT2D eigenvalue weighted by Crippen LogP contribution is -2.03. The molecule has 0 radical (unpaired) electrons. The zero-order chi connectivity index (χ0) is 10.8. The van der Waals surface area contributed by atoms with Crippen LogP contribution in [0.3, 0.4) is 0 Å². The summed E-state index contributed by atoms with van der Waals surface area (Å²) in [6.07, 6.45) is 4.09. The molecule has 78 valence electrons. The maximum atomic E-state index is 13.1. The van der Waals surface area contributed by atoms with Gasteiger partial charge in [0.1, 0.15) is 5.82 Å². The van der Waals surface area contributed by atoms with Gasteiger partial charge >= 0.3 is 0 Å². The Kier molecular flexibility index (Phi) is 2.87. The first-order valence-corrected chi connectivity index (χ1v) is 5.23. The van der Waals surface area contributed by atoms with Crippen molar-refractivity contribution in [3.8, 4) is 0 Å². The molecule has 1 nitrogen and oxygen atoms in total. The topological polar surface area (TPSA) is 17.1 Å². The van der Waals surface area contributed by atoms with Crippen molar-refractivity contribution in [2.45, 2.75) is 19.3 Å². The van der Waals surface area contributed by atoms with Gasteiger partial charge in [0, 0.05) is 6.08 Å². The van der Waals surface area contributed by atoms with Crippen LogP contribution in [0.5, 0.6) is 0 Å². The predicted molar refractivity (Wildman–Crippen MR) is 58.2 cm³/mol. The van der Waals surface area contributed by atoms with E-state index in [-0.39, 0.29) is 5.82 Å². The molecular weight excluding hydrogens is 215 g/mol. The van der Waals surface area contributed by atoms with Gasteiger partial charge in [0.2, 0.25) is 5.24 Å². The second-order valence-corrected chi connectivity index (χ2v) is 4.00. The number of allylic oxidation sites excluding steroid dienone is 2. The Balaban J connectivity index is 2.49. The van der Waals surface area contributed by atoms with Gasteiger partial charge in [-0.25, -0.2) is 4.39 Å². The van der Waals surface area contributed by atoms with E-state index in [0.717, 1.165) is 36.0 Å². The molecule has 1 aliphatic carbocycles. The van der Waals surface area contributed by atoms with E-state index < -0.39 is 5.24 Å². The van der Waals surface area contributed by atoms with Gasteiger partial charge in [-0.05, 0) is 59.7 Å². The van der Waals surface area contributed by atoms with E-state index in [1.807, 2.05) is 0 Å². The van der Waals surface area contributed by atoms with Crippen LogP contribution in [-0.4, -0.2) is 5.24 Å². The Morgan fingerprint density at radius 1 is 1.40 bits per heavy atom. The number of carbonyl (C=O) groups excluding carboxylic acids is 1. The Labute approximate surface area is 92.6 Å². The van der Waals surface area contributed by atoms with E-state index in [9.17, 15) is 9.18 Å². The number of hydrogen-bond donors (Lipinski definition) is 0. The fraction of sp³-hybridized carbons (Fsp3) is 0.250. The molecule has 1 aliphatic rings. The summed E-state index contributed by atoms with van der Waals surface area (Å²) in [4.78, 5) is 10.8. The van der Waals surface area contributed by atoms with Crippen molar-refractivity contribution in [3.63, 3.8) is 0 Å². The third-order valence-corrected chi connectivity index (χ3v) is 2.71. The number of rotatable bonds is 1. The lowest BCUT2D eigenvalue weighted by Gasteiger charge is -2.18. The van der Waals surface area contributed by atoms with Crippen molar-refractivity contribution in [2.75, 3.05) is 0 Å². The van der Waals surface area contributed by atoms with Gasteiger partial charge in [-0.1, -0.05) is 6.07 Å². The highest BCUT2D eigenvalue weighted by Gasteiger charge is 2.15. The lowest BCUT2D eigenvalue weighted by molar-refractivity contribution is -0.107. The molecule has 0 fully saturated rings. The number of benzene rings is 1. The largest absolute Gasteiger partial charge is 0.276 e. The number of aryl methyl sites for hydroxylation is 1. The van der Waals surface area contributed by atoms with E-state index in [1.165, 1.54) is 18.2 Å². The van der Waals surface area contributed by atoms with Crippen LogP contribution < -0.4 is 0 Å². The van der Waals surface area contributed by atoms with Crippen molar-refractivity contribution in [1.82, 2.24) is 0 Å². The van der Waals surface area contributed by atoms with Gasteiger partial charge in [-0.3, -0.25) is 4.79 Å². The molecule has 15 heavy (non-hydrogen) atoms. The predicted octanol–water partition coefficient (Wildman–Crippen LogP) is 3.31. The third-order valence-electron chi connectivity index (χ3n) is 2.60. The standard InChI is InChI=1S/C12H10ClFO/c13-12(15)6-9-3-1-2-8-4-5-10(14)7-11(8)9/h4-7H,1-3H2/b9-6-. The van der Waals surface area contributed by atoms with Gasteiger partial charge in [-0.2, -0.15) is 0 Å². The minimum atomic E-state index is -0.498. The van der Waals surface area contributed by atoms with E-state index >= 15 is 0 Å². The first-order chi connectivity index (χ1) is 7.16. The maximum Gasteiger partial charge on any atom is 0.245 e. The van der Waals surface area contributed by atoms with Crippen LogP contribution in [0.15, 0.2) is 24.3 Å². The molecule has 0 saturated carbocycles. The summed E-state index contributed by atoms with van der Waals surface area (Å²) >= 11 is 5.31. The van der Waals surface area contributed by atoms with Crippen LogP contribution >= 0.6 is 11.6 Å². The van der Waals surface area contributed by atoms with Crippen molar-refractivity contribution < 1.29 is 9.18 Å². The van der Waals surface area contributed by atoms with E-state index in [0.29, 0.717) is 0 Å². The summed E-state index contributed by atoms with van der Waals surface area (Å²) in [5.41, 5.74) is 2.76. The Hall–Kier alpha value is -1.15. The minimum Gasteiger partial charge on any atom is -0.276 e. The first-order valence-electron chi connectivity index (χ1n) is 4.85. The molecule has 0 bridgehead atoms. The molecule has 1 aromatic rings. The van der Waals surface area contributed by atoms with Crippen LogP contribution in [0.4, 0.5) is 4.39 Å². The summed E-state index contributed by atoms with van der Waals surface area (Å²) in [6, 6.07) is 4.70. The average molecular weight is 225 g/mol. The second-order valence-electron chi connectivity index (χ2n) is 3.63. The lowest BCUT2D eigenvalue weighted by atomic mass is 9.87. The fourth-order valence-electron chi connectivity index (χ4n) is 1.96. The summed E-state index contributed by atoms with van der Waals surface area (Å²) in [5.74, 6) is -0.274. The molecule has 0 aliphatic heterocycles. The number of fused-ring (bicyclic) bond motifs is 1. The van der Waals surface area contributed by atoms with Gasteiger partial charge in [0.15, 0.2) is 0 Å². The summed E-state index contributed by atoms with van der Waals surface area (Å²) in [5, 5.41) is -0.498.